The number of benzene rings is 1. The number of hydrogen-bond acceptors (Lipinski definition) is 4. The highest BCUT2D eigenvalue weighted by molar-refractivity contribution is 5.73. The third kappa shape index (κ3) is 4.83. The smallest absolute Gasteiger partial charge is 0.314 e. The molecule has 3 N–H and O–H groups in total. The van der Waals surface area contributed by atoms with E-state index in [4.69, 9.17) is 9.63 Å². The van der Waals surface area contributed by atoms with E-state index >= 15 is 0 Å². The van der Waals surface area contributed by atoms with E-state index in [0.717, 1.165) is 34.6 Å². The van der Waals surface area contributed by atoms with Gasteiger partial charge < -0.3 is 20.3 Å². The summed E-state index contributed by atoms with van der Waals surface area (Å²) < 4.78 is 5.16. The second-order valence-electron chi connectivity index (χ2n) is 6.00. The lowest BCUT2D eigenvalue weighted by atomic mass is 10.00. The molecule has 2 rings (SSSR count). The topological polar surface area (TPSA) is 87.4 Å². The molecule has 0 saturated carbocycles. The zero-order valence-corrected chi connectivity index (χ0v) is 14.4. The fourth-order valence-corrected chi connectivity index (χ4v) is 2.74. The van der Waals surface area contributed by atoms with E-state index in [1.165, 1.54) is 0 Å². The zero-order valence-electron chi connectivity index (χ0n) is 14.4. The van der Waals surface area contributed by atoms with Crippen molar-refractivity contribution in [1.82, 2.24) is 15.8 Å². The Morgan fingerprint density at radius 3 is 2.46 bits per heavy atom. The van der Waals surface area contributed by atoms with Crippen molar-refractivity contribution in [3.05, 3.63) is 52.4 Å². The number of aliphatic hydroxyl groups is 1. The van der Waals surface area contributed by atoms with Crippen LogP contribution >= 0.6 is 0 Å². The number of nitrogens with one attached hydrogen (secondary N) is 2. The van der Waals surface area contributed by atoms with Gasteiger partial charge in [0.15, 0.2) is 0 Å². The minimum absolute atomic E-state index is 0.0459. The summed E-state index contributed by atoms with van der Waals surface area (Å²) in [5, 5.41) is 18.7. The summed E-state index contributed by atoms with van der Waals surface area (Å²) in [7, 11) is 0. The van der Waals surface area contributed by atoms with Gasteiger partial charge in [0.25, 0.3) is 0 Å². The molecule has 1 heterocycles. The van der Waals surface area contributed by atoms with Crippen molar-refractivity contribution in [3.63, 3.8) is 0 Å². The van der Waals surface area contributed by atoms with Crippen molar-refractivity contribution in [2.75, 3.05) is 13.1 Å². The highest BCUT2D eigenvalue weighted by Crippen LogP contribution is 2.22. The number of aryl methyl sites for hydroxylation is 2. The first-order chi connectivity index (χ1) is 11.5. The van der Waals surface area contributed by atoms with E-state index in [1.54, 1.807) is 0 Å². The van der Waals surface area contributed by atoms with E-state index in [-0.39, 0.29) is 18.6 Å². The van der Waals surface area contributed by atoms with Crippen LogP contribution in [0.4, 0.5) is 4.79 Å². The maximum Gasteiger partial charge on any atom is 0.314 e. The molecule has 0 radical (unpaired) electrons. The SMILES string of the molecule is Cc1noc(C)c1C(C)CNC(=O)NCCc1ccc(CO)cc1. The lowest BCUT2D eigenvalue weighted by Gasteiger charge is -2.13. The number of amides is 2. The molecular weight excluding hydrogens is 306 g/mol. The summed E-state index contributed by atoms with van der Waals surface area (Å²) in [6.07, 6.45) is 0.749. The predicted octanol–water partition coefficient (Wildman–Crippen LogP) is 2.43. The molecule has 0 aliphatic heterocycles. The largest absolute Gasteiger partial charge is 0.392 e. The first-order valence-electron chi connectivity index (χ1n) is 8.14. The first kappa shape index (κ1) is 18.0. The molecule has 0 bridgehead atoms. The van der Waals surface area contributed by atoms with Crippen LogP contribution in [0.25, 0.3) is 0 Å². The molecule has 1 atom stereocenters. The fourth-order valence-electron chi connectivity index (χ4n) is 2.74. The Hall–Kier alpha value is -2.34. The maximum absolute atomic E-state index is 11.9. The monoisotopic (exact) mass is 331 g/mol. The van der Waals surface area contributed by atoms with Crippen LogP contribution in [-0.2, 0) is 13.0 Å². The number of nitrogens with zero attached hydrogens (tertiary/aromatic N) is 1. The van der Waals surface area contributed by atoms with E-state index < -0.39 is 0 Å². The molecule has 0 aliphatic rings. The molecule has 24 heavy (non-hydrogen) atoms. The number of carbonyl (C=O) groups excluding carboxylic acids is 1. The summed E-state index contributed by atoms with van der Waals surface area (Å²) in [5.74, 6) is 0.946. The van der Waals surface area contributed by atoms with Gasteiger partial charge in [-0.15, -0.1) is 0 Å². The summed E-state index contributed by atoms with van der Waals surface area (Å²) in [5.41, 5.74) is 3.93. The van der Waals surface area contributed by atoms with Crippen LogP contribution in [-0.4, -0.2) is 29.4 Å². The second kappa shape index (κ2) is 8.49. The summed E-state index contributed by atoms with van der Waals surface area (Å²) >= 11 is 0. The van der Waals surface area contributed by atoms with Crippen molar-refractivity contribution in [1.29, 1.82) is 0 Å². The third-order valence-electron chi connectivity index (χ3n) is 4.05. The van der Waals surface area contributed by atoms with Crippen molar-refractivity contribution >= 4 is 6.03 Å². The van der Waals surface area contributed by atoms with Crippen LogP contribution in [0.5, 0.6) is 0 Å². The summed E-state index contributed by atoms with van der Waals surface area (Å²) in [4.78, 5) is 11.9. The molecule has 1 aromatic heterocycles. The van der Waals surface area contributed by atoms with E-state index in [1.807, 2.05) is 45.0 Å². The lowest BCUT2D eigenvalue weighted by Crippen LogP contribution is -2.38. The second-order valence-corrected chi connectivity index (χ2v) is 6.00. The van der Waals surface area contributed by atoms with Crippen molar-refractivity contribution in [2.24, 2.45) is 0 Å². The minimum Gasteiger partial charge on any atom is -0.392 e. The highest BCUT2D eigenvalue weighted by Gasteiger charge is 2.16. The van der Waals surface area contributed by atoms with Crippen LogP contribution in [0.2, 0.25) is 0 Å². The Morgan fingerprint density at radius 2 is 1.88 bits per heavy atom. The molecule has 2 amide bonds. The fraction of sp³-hybridized carbons (Fsp3) is 0.444. The number of urea groups is 1. The van der Waals surface area contributed by atoms with Crippen molar-refractivity contribution in [3.8, 4) is 0 Å². The molecule has 6 nitrogen and oxygen atoms in total. The normalized spacial score (nSPS) is 12.0. The molecule has 0 spiro atoms. The number of carbonyl (C=O) groups is 1. The summed E-state index contributed by atoms with van der Waals surface area (Å²) in [6, 6.07) is 7.53. The highest BCUT2D eigenvalue weighted by atomic mass is 16.5. The molecule has 0 aliphatic carbocycles. The Bertz CT molecular complexity index is 645. The van der Waals surface area contributed by atoms with Crippen LogP contribution < -0.4 is 10.6 Å². The van der Waals surface area contributed by atoms with Gasteiger partial charge in [-0.2, -0.15) is 0 Å². The van der Waals surface area contributed by atoms with E-state index in [2.05, 4.69) is 15.8 Å². The standard InChI is InChI=1S/C18H25N3O3/c1-12(17-13(2)21-24-14(17)3)10-20-18(23)19-9-8-15-4-6-16(11-22)7-5-15/h4-7,12,22H,8-11H2,1-3H3,(H2,19,20,23). The third-order valence-corrected chi connectivity index (χ3v) is 4.05. The van der Waals surface area contributed by atoms with Crippen LogP contribution in [0.15, 0.2) is 28.8 Å². The quantitative estimate of drug-likeness (QED) is 0.727. The molecule has 2 aromatic rings. The zero-order chi connectivity index (χ0) is 17.5. The lowest BCUT2D eigenvalue weighted by molar-refractivity contribution is 0.240. The van der Waals surface area contributed by atoms with Gasteiger partial charge in [0.05, 0.1) is 12.3 Å². The Balaban J connectivity index is 1.71. The Labute approximate surface area is 142 Å². The maximum atomic E-state index is 11.9. The van der Waals surface area contributed by atoms with Crippen LogP contribution in [0.3, 0.4) is 0 Å². The van der Waals surface area contributed by atoms with Gasteiger partial charge in [-0.3, -0.25) is 0 Å². The Morgan fingerprint density at radius 1 is 1.21 bits per heavy atom. The van der Waals surface area contributed by atoms with Gasteiger partial charge in [-0.1, -0.05) is 36.3 Å². The van der Waals surface area contributed by atoms with Crippen molar-refractivity contribution in [2.45, 2.75) is 39.7 Å². The van der Waals surface area contributed by atoms with Crippen LogP contribution in [0, 0.1) is 13.8 Å². The molecule has 6 heteroatoms. The number of rotatable bonds is 7. The van der Waals surface area contributed by atoms with Gasteiger partial charge >= 0.3 is 6.03 Å². The average molecular weight is 331 g/mol. The predicted molar refractivity (Wildman–Crippen MR) is 91.9 cm³/mol. The van der Waals surface area contributed by atoms with Gasteiger partial charge in [-0.25, -0.2) is 4.79 Å². The molecule has 0 saturated heterocycles. The summed E-state index contributed by atoms with van der Waals surface area (Å²) in [6.45, 7) is 6.96. The first-order valence-corrected chi connectivity index (χ1v) is 8.14. The Kier molecular flexibility index (Phi) is 6.37. The number of aliphatic hydroxyl groups excluding tert-OH is 1. The van der Waals surface area contributed by atoms with Crippen LogP contribution in [0.1, 0.15) is 41.0 Å². The molecular formula is C18H25N3O3. The van der Waals surface area contributed by atoms with Gasteiger partial charge in [0.1, 0.15) is 5.76 Å². The molecule has 130 valence electrons. The molecule has 0 fully saturated rings. The van der Waals surface area contributed by atoms with E-state index in [9.17, 15) is 4.79 Å². The minimum atomic E-state index is -0.180. The van der Waals surface area contributed by atoms with Gasteiger partial charge in [0, 0.05) is 24.6 Å². The number of hydrogen-bond donors (Lipinski definition) is 3. The van der Waals surface area contributed by atoms with Gasteiger partial charge in [-0.05, 0) is 31.4 Å². The molecule has 1 unspecified atom stereocenters. The molecule has 1 aromatic carbocycles. The van der Waals surface area contributed by atoms with E-state index in [0.29, 0.717) is 13.1 Å². The van der Waals surface area contributed by atoms with Gasteiger partial charge in [0.2, 0.25) is 0 Å². The average Bonchev–Trinajstić information content (AvgIpc) is 2.92. The van der Waals surface area contributed by atoms with Crippen molar-refractivity contribution < 1.29 is 14.4 Å². The number of aromatic nitrogens is 1.